The van der Waals surface area contributed by atoms with Crippen LogP contribution in [0, 0.1) is 11.3 Å². The third-order valence-corrected chi connectivity index (χ3v) is 5.88. The zero-order chi connectivity index (χ0) is 16.4. The minimum Gasteiger partial charge on any atom is -0.316 e. The number of aryl methyl sites for hydroxylation is 1. The molecule has 0 aromatic carbocycles. The van der Waals surface area contributed by atoms with Crippen molar-refractivity contribution in [3.05, 3.63) is 22.3 Å². The van der Waals surface area contributed by atoms with E-state index in [0.717, 1.165) is 30.0 Å². The number of nitrogens with one attached hydrogen (secondary N) is 1. The average molecular weight is 347 g/mol. The molecular weight excluding hydrogens is 330 g/mol. The van der Waals surface area contributed by atoms with E-state index in [1.807, 2.05) is 18.4 Å². The Balaban J connectivity index is 1.64. The largest absolute Gasteiger partial charge is 0.316 e. The van der Waals surface area contributed by atoms with Crippen LogP contribution in [0.15, 0.2) is 11.5 Å². The molecule has 0 bridgehead atoms. The van der Waals surface area contributed by atoms with Gasteiger partial charge in [-0.1, -0.05) is 11.8 Å². The van der Waals surface area contributed by atoms with E-state index in [1.165, 1.54) is 28.0 Å². The van der Waals surface area contributed by atoms with Crippen molar-refractivity contribution in [2.24, 2.45) is 0 Å². The minimum atomic E-state index is -0.121. The van der Waals surface area contributed by atoms with Crippen LogP contribution in [-0.4, -0.2) is 26.4 Å². The lowest BCUT2D eigenvalue weighted by molar-refractivity contribution is -0.113. The number of carbonyl (C=O) groups excluding carboxylic acids is 1. The number of nitriles is 1. The van der Waals surface area contributed by atoms with Gasteiger partial charge in [-0.05, 0) is 38.7 Å². The molecule has 1 aliphatic carbocycles. The van der Waals surface area contributed by atoms with Gasteiger partial charge in [0.2, 0.25) is 5.91 Å². The molecule has 2 aromatic heterocycles. The fourth-order valence-electron chi connectivity index (χ4n) is 2.59. The van der Waals surface area contributed by atoms with Gasteiger partial charge in [0.15, 0.2) is 5.16 Å². The number of hydrogen-bond donors (Lipinski definition) is 1. The van der Waals surface area contributed by atoms with Crippen LogP contribution in [0.4, 0.5) is 5.00 Å². The highest BCUT2D eigenvalue weighted by atomic mass is 32.2. The topological polar surface area (TPSA) is 83.6 Å². The number of carbonyl (C=O) groups is 1. The van der Waals surface area contributed by atoms with Gasteiger partial charge in [-0.15, -0.1) is 21.5 Å². The van der Waals surface area contributed by atoms with E-state index >= 15 is 0 Å². The summed E-state index contributed by atoms with van der Waals surface area (Å²) in [5, 5.41) is 21.6. The molecular formula is C15H17N5OS2. The van der Waals surface area contributed by atoms with Crippen LogP contribution in [0.5, 0.6) is 0 Å². The van der Waals surface area contributed by atoms with Crippen molar-refractivity contribution in [2.45, 2.75) is 44.3 Å². The molecule has 3 rings (SSSR count). The second kappa shape index (κ2) is 6.72. The highest BCUT2D eigenvalue weighted by molar-refractivity contribution is 7.99. The number of fused-ring (bicyclic) bond motifs is 1. The number of amides is 1. The predicted octanol–water partition coefficient (Wildman–Crippen LogP) is 3.01. The molecule has 8 heteroatoms. The molecule has 0 saturated carbocycles. The zero-order valence-corrected chi connectivity index (χ0v) is 14.6. The van der Waals surface area contributed by atoms with Crippen LogP contribution in [0.3, 0.4) is 0 Å². The van der Waals surface area contributed by atoms with Gasteiger partial charge >= 0.3 is 0 Å². The van der Waals surface area contributed by atoms with Gasteiger partial charge in [0, 0.05) is 10.9 Å². The van der Waals surface area contributed by atoms with Gasteiger partial charge in [0.25, 0.3) is 0 Å². The molecule has 120 valence electrons. The van der Waals surface area contributed by atoms with Crippen molar-refractivity contribution in [3.63, 3.8) is 0 Å². The fraction of sp³-hybridized carbons (Fsp3) is 0.467. The number of thioether (sulfide) groups is 1. The van der Waals surface area contributed by atoms with Crippen molar-refractivity contribution >= 4 is 34.0 Å². The number of rotatable bonds is 5. The second-order valence-corrected chi connectivity index (χ2v) is 7.67. The van der Waals surface area contributed by atoms with Gasteiger partial charge in [0.1, 0.15) is 17.4 Å². The summed E-state index contributed by atoms with van der Waals surface area (Å²) >= 11 is 2.89. The molecule has 1 N–H and O–H groups in total. The van der Waals surface area contributed by atoms with Crippen LogP contribution < -0.4 is 5.32 Å². The highest BCUT2D eigenvalue weighted by Gasteiger charge is 2.23. The molecule has 0 spiro atoms. The molecule has 0 saturated heterocycles. The van der Waals surface area contributed by atoms with Crippen molar-refractivity contribution < 1.29 is 4.79 Å². The van der Waals surface area contributed by atoms with Gasteiger partial charge in [0.05, 0.1) is 11.3 Å². The first kappa shape index (κ1) is 16.0. The van der Waals surface area contributed by atoms with E-state index in [4.69, 9.17) is 0 Å². The van der Waals surface area contributed by atoms with Crippen molar-refractivity contribution in [1.29, 1.82) is 5.26 Å². The SMILES string of the molecule is CC(C)n1cnnc1SCC(=O)Nc1sc2c(c1C#N)CCC2. The van der Waals surface area contributed by atoms with Crippen LogP contribution in [0.25, 0.3) is 0 Å². The average Bonchev–Trinajstić information content (AvgIpc) is 3.19. The fourth-order valence-corrected chi connectivity index (χ4v) is 4.69. The van der Waals surface area contributed by atoms with E-state index in [1.54, 1.807) is 6.33 Å². The molecule has 6 nitrogen and oxygen atoms in total. The summed E-state index contributed by atoms with van der Waals surface area (Å²) in [7, 11) is 0. The summed E-state index contributed by atoms with van der Waals surface area (Å²) in [4.78, 5) is 13.4. The summed E-state index contributed by atoms with van der Waals surface area (Å²) in [5.41, 5.74) is 1.77. The Kier molecular flexibility index (Phi) is 4.68. The minimum absolute atomic E-state index is 0.121. The quantitative estimate of drug-likeness (QED) is 0.841. The van der Waals surface area contributed by atoms with Crippen molar-refractivity contribution in [2.75, 3.05) is 11.1 Å². The van der Waals surface area contributed by atoms with E-state index in [0.29, 0.717) is 10.6 Å². The van der Waals surface area contributed by atoms with Crippen LogP contribution in [0.1, 0.15) is 42.3 Å². The third-order valence-electron chi connectivity index (χ3n) is 3.71. The molecule has 0 atom stereocenters. The summed E-state index contributed by atoms with van der Waals surface area (Å²) in [6.45, 7) is 4.08. The van der Waals surface area contributed by atoms with E-state index < -0.39 is 0 Å². The maximum absolute atomic E-state index is 12.2. The van der Waals surface area contributed by atoms with Crippen molar-refractivity contribution in [1.82, 2.24) is 14.8 Å². The third kappa shape index (κ3) is 3.26. The van der Waals surface area contributed by atoms with Gasteiger partial charge in [-0.2, -0.15) is 5.26 Å². The molecule has 0 radical (unpaired) electrons. The van der Waals surface area contributed by atoms with Crippen molar-refractivity contribution in [3.8, 4) is 6.07 Å². The molecule has 1 amide bonds. The standard InChI is InChI=1S/C15H17N5OS2/c1-9(2)20-8-17-19-15(20)22-7-13(21)18-14-11(6-16)10-4-3-5-12(10)23-14/h8-9H,3-5,7H2,1-2H3,(H,18,21). The second-order valence-electron chi connectivity index (χ2n) is 5.62. The summed E-state index contributed by atoms with van der Waals surface area (Å²) in [5.74, 6) is 0.128. The lowest BCUT2D eigenvalue weighted by atomic mass is 10.1. The molecule has 0 aliphatic heterocycles. The molecule has 1 aliphatic rings. The normalized spacial score (nSPS) is 13.1. The zero-order valence-electron chi connectivity index (χ0n) is 13.0. The van der Waals surface area contributed by atoms with Gasteiger partial charge in [-0.25, -0.2) is 0 Å². The lowest BCUT2D eigenvalue weighted by Gasteiger charge is -2.09. The molecule has 0 fully saturated rings. The molecule has 0 unspecified atom stereocenters. The Labute approximate surface area is 142 Å². The van der Waals surface area contributed by atoms with Gasteiger partial charge in [-0.3, -0.25) is 4.79 Å². The summed E-state index contributed by atoms with van der Waals surface area (Å²) in [6, 6.07) is 2.49. The molecule has 2 heterocycles. The highest BCUT2D eigenvalue weighted by Crippen LogP contribution is 2.38. The lowest BCUT2D eigenvalue weighted by Crippen LogP contribution is -2.14. The van der Waals surface area contributed by atoms with Crippen LogP contribution in [0.2, 0.25) is 0 Å². The van der Waals surface area contributed by atoms with Crippen LogP contribution >= 0.6 is 23.1 Å². The Hall–Kier alpha value is -1.85. The summed E-state index contributed by atoms with van der Waals surface area (Å²) < 4.78 is 1.93. The first-order chi connectivity index (χ1) is 11.1. The number of thiophene rings is 1. The maximum atomic E-state index is 12.2. The van der Waals surface area contributed by atoms with E-state index in [2.05, 4.69) is 21.6 Å². The Bertz CT molecular complexity index is 771. The smallest absolute Gasteiger partial charge is 0.235 e. The first-order valence-corrected chi connectivity index (χ1v) is 9.27. The molecule has 23 heavy (non-hydrogen) atoms. The monoisotopic (exact) mass is 347 g/mol. The van der Waals surface area contributed by atoms with Crippen LogP contribution in [-0.2, 0) is 17.6 Å². The Morgan fingerprint density at radius 1 is 1.57 bits per heavy atom. The number of nitrogens with zero attached hydrogens (tertiary/aromatic N) is 4. The number of aromatic nitrogens is 3. The maximum Gasteiger partial charge on any atom is 0.235 e. The predicted molar refractivity (Wildman–Crippen MR) is 90.8 cm³/mol. The Morgan fingerprint density at radius 3 is 3.13 bits per heavy atom. The first-order valence-electron chi connectivity index (χ1n) is 7.47. The Morgan fingerprint density at radius 2 is 2.39 bits per heavy atom. The number of anilines is 1. The number of hydrogen-bond acceptors (Lipinski definition) is 6. The van der Waals surface area contributed by atoms with E-state index in [9.17, 15) is 10.1 Å². The van der Waals surface area contributed by atoms with E-state index in [-0.39, 0.29) is 17.7 Å². The summed E-state index contributed by atoms with van der Waals surface area (Å²) in [6.07, 6.45) is 4.72. The van der Waals surface area contributed by atoms with Gasteiger partial charge < -0.3 is 9.88 Å². The molecule has 2 aromatic rings.